The number of furan rings is 1. The fourth-order valence-electron chi connectivity index (χ4n) is 2.85. The molecule has 3 rings (SSSR count). The average Bonchev–Trinajstić information content (AvgIpc) is 3.11. The molecule has 1 aromatic heterocycles. The van der Waals surface area contributed by atoms with Gasteiger partial charge in [0.2, 0.25) is 5.76 Å². The summed E-state index contributed by atoms with van der Waals surface area (Å²) in [7, 11) is 0. The smallest absolute Gasteiger partial charge is 0.371 e. The van der Waals surface area contributed by atoms with E-state index < -0.39 is 5.97 Å². The van der Waals surface area contributed by atoms with Crippen molar-refractivity contribution in [2.24, 2.45) is 0 Å². The number of benzene rings is 1. The lowest BCUT2D eigenvalue weighted by Gasteiger charge is -2.32. The third kappa shape index (κ3) is 4.84. The monoisotopic (exact) mass is 345 g/mol. The van der Waals surface area contributed by atoms with Crippen LogP contribution in [0.5, 0.6) is 5.75 Å². The number of hydrogen-bond acceptors (Lipinski definition) is 5. The van der Waals surface area contributed by atoms with E-state index in [1.807, 2.05) is 12.1 Å². The predicted molar refractivity (Wildman–Crippen MR) is 91.7 cm³/mol. The molecule has 1 unspecified atom stereocenters. The minimum absolute atomic E-state index is 0.0788. The first-order valence-electron chi connectivity index (χ1n) is 8.51. The average molecular weight is 345 g/mol. The van der Waals surface area contributed by atoms with E-state index in [2.05, 4.69) is 24.0 Å². The van der Waals surface area contributed by atoms with Gasteiger partial charge in [0.25, 0.3) is 0 Å². The van der Waals surface area contributed by atoms with Crippen LogP contribution in [0.2, 0.25) is 0 Å². The summed E-state index contributed by atoms with van der Waals surface area (Å²) < 4.78 is 16.5. The van der Waals surface area contributed by atoms with Crippen molar-refractivity contribution in [3.05, 3.63) is 53.5 Å². The molecule has 1 aliphatic heterocycles. The van der Waals surface area contributed by atoms with Gasteiger partial charge >= 0.3 is 5.97 Å². The van der Waals surface area contributed by atoms with Gasteiger partial charge in [-0.05, 0) is 36.2 Å². The Morgan fingerprint density at radius 1 is 1.28 bits per heavy atom. The van der Waals surface area contributed by atoms with Crippen molar-refractivity contribution in [1.82, 2.24) is 4.90 Å². The summed E-state index contributed by atoms with van der Waals surface area (Å²) in [6, 6.07) is 11.0. The summed E-state index contributed by atoms with van der Waals surface area (Å²) >= 11 is 0. The maximum absolute atomic E-state index is 10.8. The summed E-state index contributed by atoms with van der Waals surface area (Å²) in [5.74, 6) is 0.0553. The standard InChI is InChI=1S/C19H23NO5/c1-2-15-12-20(9-10-23-15)11-14-3-5-16(6-4-14)24-13-17-7-8-18(25-17)19(21)22/h3-8,15H,2,9-13H2,1H3,(H,21,22). The van der Waals surface area contributed by atoms with E-state index in [0.29, 0.717) is 11.9 Å². The van der Waals surface area contributed by atoms with Gasteiger partial charge in [-0.2, -0.15) is 0 Å². The molecule has 0 amide bonds. The van der Waals surface area contributed by atoms with Crippen molar-refractivity contribution in [1.29, 1.82) is 0 Å². The molecule has 6 heteroatoms. The zero-order valence-electron chi connectivity index (χ0n) is 14.3. The fraction of sp³-hybridized carbons (Fsp3) is 0.421. The van der Waals surface area contributed by atoms with Crippen molar-refractivity contribution >= 4 is 5.97 Å². The molecular formula is C19H23NO5. The molecule has 1 fully saturated rings. The number of carbonyl (C=O) groups is 1. The highest BCUT2D eigenvalue weighted by Gasteiger charge is 2.18. The van der Waals surface area contributed by atoms with Crippen LogP contribution in [0.1, 0.15) is 35.2 Å². The number of morpholine rings is 1. The second-order valence-corrected chi connectivity index (χ2v) is 6.14. The van der Waals surface area contributed by atoms with Crippen LogP contribution in [-0.2, 0) is 17.9 Å². The second kappa shape index (κ2) is 8.18. The van der Waals surface area contributed by atoms with E-state index in [4.69, 9.17) is 19.0 Å². The van der Waals surface area contributed by atoms with Crippen LogP contribution in [0.4, 0.5) is 0 Å². The van der Waals surface area contributed by atoms with Gasteiger partial charge in [-0.15, -0.1) is 0 Å². The number of hydrogen-bond donors (Lipinski definition) is 1. The molecule has 1 aliphatic rings. The van der Waals surface area contributed by atoms with Crippen molar-refractivity contribution in [2.45, 2.75) is 32.6 Å². The Morgan fingerprint density at radius 2 is 2.08 bits per heavy atom. The molecule has 25 heavy (non-hydrogen) atoms. The van der Waals surface area contributed by atoms with E-state index >= 15 is 0 Å². The van der Waals surface area contributed by atoms with Gasteiger partial charge in [0, 0.05) is 19.6 Å². The fourth-order valence-corrected chi connectivity index (χ4v) is 2.85. The van der Waals surface area contributed by atoms with Crippen LogP contribution in [0, 0.1) is 0 Å². The van der Waals surface area contributed by atoms with Gasteiger partial charge in [0.05, 0.1) is 12.7 Å². The zero-order valence-corrected chi connectivity index (χ0v) is 14.3. The van der Waals surface area contributed by atoms with Gasteiger partial charge in [0.15, 0.2) is 0 Å². The number of carboxylic acid groups (broad SMARTS) is 1. The minimum atomic E-state index is -1.08. The highest BCUT2D eigenvalue weighted by molar-refractivity contribution is 5.84. The highest BCUT2D eigenvalue weighted by atomic mass is 16.5. The Kier molecular flexibility index (Phi) is 5.73. The van der Waals surface area contributed by atoms with Gasteiger partial charge in [-0.25, -0.2) is 4.79 Å². The zero-order chi connectivity index (χ0) is 17.6. The van der Waals surface area contributed by atoms with E-state index in [9.17, 15) is 4.79 Å². The summed E-state index contributed by atoms with van der Waals surface area (Å²) in [4.78, 5) is 13.2. The van der Waals surface area contributed by atoms with Gasteiger partial charge < -0.3 is 19.0 Å². The normalized spacial score (nSPS) is 18.2. The van der Waals surface area contributed by atoms with Crippen LogP contribution in [0.15, 0.2) is 40.8 Å². The first kappa shape index (κ1) is 17.5. The molecule has 0 radical (unpaired) electrons. The van der Waals surface area contributed by atoms with Crippen LogP contribution in [-0.4, -0.2) is 41.8 Å². The molecule has 0 aliphatic carbocycles. The first-order valence-corrected chi connectivity index (χ1v) is 8.51. The SMILES string of the molecule is CCC1CN(Cc2ccc(OCc3ccc(C(=O)O)o3)cc2)CCO1. The summed E-state index contributed by atoms with van der Waals surface area (Å²) in [5, 5.41) is 8.83. The molecule has 6 nitrogen and oxygen atoms in total. The van der Waals surface area contributed by atoms with Crippen LogP contribution in [0.25, 0.3) is 0 Å². The molecular weight excluding hydrogens is 322 g/mol. The molecule has 0 bridgehead atoms. The number of ether oxygens (including phenoxy) is 2. The summed E-state index contributed by atoms with van der Waals surface area (Å²) in [5.41, 5.74) is 1.23. The Morgan fingerprint density at radius 3 is 2.76 bits per heavy atom. The molecule has 1 N–H and O–H groups in total. The first-order chi connectivity index (χ1) is 12.1. The molecule has 1 atom stereocenters. The summed E-state index contributed by atoms with van der Waals surface area (Å²) in [6.07, 6.45) is 1.37. The maximum Gasteiger partial charge on any atom is 0.371 e. The van der Waals surface area contributed by atoms with Gasteiger partial charge in [-0.3, -0.25) is 4.90 Å². The third-order valence-corrected chi connectivity index (χ3v) is 4.26. The lowest BCUT2D eigenvalue weighted by atomic mass is 10.1. The number of rotatable bonds is 7. The minimum Gasteiger partial charge on any atom is -0.486 e. The van der Waals surface area contributed by atoms with E-state index in [1.54, 1.807) is 6.07 Å². The third-order valence-electron chi connectivity index (χ3n) is 4.26. The molecule has 1 aromatic carbocycles. The van der Waals surface area contributed by atoms with Crippen molar-refractivity contribution < 1.29 is 23.8 Å². The van der Waals surface area contributed by atoms with Gasteiger partial charge in [-0.1, -0.05) is 19.1 Å². The van der Waals surface area contributed by atoms with Crippen LogP contribution in [0.3, 0.4) is 0 Å². The number of carboxylic acids is 1. The molecule has 134 valence electrons. The van der Waals surface area contributed by atoms with E-state index in [-0.39, 0.29) is 12.4 Å². The number of aromatic carboxylic acids is 1. The van der Waals surface area contributed by atoms with E-state index in [0.717, 1.165) is 38.4 Å². The Hall–Kier alpha value is -2.31. The second-order valence-electron chi connectivity index (χ2n) is 6.14. The van der Waals surface area contributed by atoms with Crippen LogP contribution < -0.4 is 4.74 Å². The van der Waals surface area contributed by atoms with E-state index in [1.165, 1.54) is 11.6 Å². The topological polar surface area (TPSA) is 72.1 Å². The summed E-state index contributed by atoms with van der Waals surface area (Å²) in [6.45, 7) is 5.98. The van der Waals surface area contributed by atoms with Crippen molar-refractivity contribution in [3.8, 4) is 5.75 Å². The predicted octanol–water partition coefficient (Wildman–Crippen LogP) is 3.17. The lowest BCUT2D eigenvalue weighted by molar-refractivity contribution is -0.0324. The lowest BCUT2D eigenvalue weighted by Crippen LogP contribution is -2.41. The molecule has 0 spiro atoms. The molecule has 1 saturated heterocycles. The maximum atomic E-state index is 10.8. The van der Waals surface area contributed by atoms with Crippen molar-refractivity contribution in [2.75, 3.05) is 19.7 Å². The van der Waals surface area contributed by atoms with Gasteiger partial charge in [0.1, 0.15) is 18.1 Å². The molecule has 2 heterocycles. The number of nitrogens with zero attached hydrogens (tertiary/aromatic N) is 1. The van der Waals surface area contributed by atoms with Crippen LogP contribution >= 0.6 is 0 Å². The van der Waals surface area contributed by atoms with Crippen molar-refractivity contribution in [3.63, 3.8) is 0 Å². The quantitative estimate of drug-likeness (QED) is 0.831. The molecule has 0 saturated carbocycles. The molecule has 2 aromatic rings. The Balaban J connectivity index is 1.50. The Labute approximate surface area is 147 Å². The highest BCUT2D eigenvalue weighted by Crippen LogP contribution is 2.18. The Bertz CT molecular complexity index is 694. The largest absolute Gasteiger partial charge is 0.486 e.